The van der Waals surface area contributed by atoms with E-state index in [9.17, 15) is 4.79 Å². The molecule has 4 nitrogen and oxygen atoms in total. The SMILES string of the molecule is Cc1ccc(NC(=O)N2CCN(c3c(C)cc(C)cc3C)CC2)cc1. The van der Waals surface area contributed by atoms with Crippen LogP contribution in [0.3, 0.4) is 0 Å². The van der Waals surface area contributed by atoms with Gasteiger partial charge in [-0.25, -0.2) is 4.79 Å². The zero-order valence-corrected chi connectivity index (χ0v) is 15.6. The van der Waals surface area contributed by atoms with Gasteiger partial charge in [-0.05, 0) is 51.0 Å². The quantitative estimate of drug-likeness (QED) is 0.888. The van der Waals surface area contributed by atoms with Crippen LogP contribution < -0.4 is 10.2 Å². The van der Waals surface area contributed by atoms with Gasteiger partial charge in [0.2, 0.25) is 0 Å². The maximum atomic E-state index is 12.5. The molecule has 2 aromatic carbocycles. The number of nitrogens with zero attached hydrogens (tertiary/aromatic N) is 2. The maximum absolute atomic E-state index is 12.5. The molecule has 0 aliphatic carbocycles. The van der Waals surface area contributed by atoms with Crippen LogP contribution in [-0.4, -0.2) is 37.1 Å². The summed E-state index contributed by atoms with van der Waals surface area (Å²) >= 11 is 0. The van der Waals surface area contributed by atoms with Crippen molar-refractivity contribution in [3.8, 4) is 0 Å². The van der Waals surface area contributed by atoms with Crippen molar-refractivity contribution in [1.82, 2.24) is 4.90 Å². The Bertz CT molecular complexity index is 736. The first kappa shape index (κ1) is 17.3. The smallest absolute Gasteiger partial charge is 0.321 e. The van der Waals surface area contributed by atoms with Crippen LogP contribution in [0.2, 0.25) is 0 Å². The Morgan fingerprint density at radius 3 is 1.96 bits per heavy atom. The molecule has 3 rings (SSSR count). The summed E-state index contributed by atoms with van der Waals surface area (Å²) in [4.78, 5) is 16.8. The first-order valence-electron chi connectivity index (χ1n) is 8.89. The number of urea groups is 1. The number of hydrogen-bond acceptors (Lipinski definition) is 2. The molecule has 1 fully saturated rings. The summed E-state index contributed by atoms with van der Waals surface area (Å²) in [5.41, 5.74) is 7.29. The van der Waals surface area contributed by atoms with Crippen molar-refractivity contribution in [3.63, 3.8) is 0 Å². The van der Waals surface area contributed by atoms with E-state index in [1.807, 2.05) is 36.1 Å². The number of carbonyl (C=O) groups excluding carboxylic acids is 1. The van der Waals surface area contributed by atoms with Crippen molar-refractivity contribution in [3.05, 3.63) is 58.7 Å². The van der Waals surface area contributed by atoms with E-state index >= 15 is 0 Å². The molecule has 1 aliphatic rings. The van der Waals surface area contributed by atoms with E-state index in [4.69, 9.17) is 0 Å². The highest BCUT2D eigenvalue weighted by atomic mass is 16.2. The zero-order chi connectivity index (χ0) is 18.0. The Kier molecular flexibility index (Phi) is 4.98. The molecule has 2 amide bonds. The zero-order valence-electron chi connectivity index (χ0n) is 15.6. The number of carbonyl (C=O) groups is 1. The van der Waals surface area contributed by atoms with Crippen LogP contribution in [-0.2, 0) is 0 Å². The van der Waals surface area contributed by atoms with Crippen LogP contribution in [0.25, 0.3) is 0 Å². The fraction of sp³-hybridized carbons (Fsp3) is 0.381. The van der Waals surface area contributed by atoms with E-state index in [0.29, 0.717) is 0 Å². The average molecular weight is 337 g/mol. The minimum absolute atomic E-state index is 0.0131. The molecule has 1 aliphatic heterocycles. The standard InChI is InChI=1S/C21H27N3O/c1-15-5-7-19(8-6-15)22-21(25)24-11-9-23(10-12-24)20-17(3)13-16(2)14-18(20)4/h5-8,13-14H,9-12H2,1-4H3,(H,22,25). The van der Waals surface area contributed by atoms with Crippen LogP contribution in [0.15, 0.2) is 36.4 Å². The van der Waals surface area contributed by atoms with Crippen molar-refractivity contribution in [2.24, 2.45) is 0 Å². The van der Waals surface area contributed by atoms with E-state index < -0.39 is 0 Å². The lowest BCUT2D eigenvalue weighted by Crippen LogP contribution is -2.50. The molecule has 0 saturated carbocycles. The molecule has 132 valence electrons. The lowest BCUT2D eigenvalue weighted by Gasteiger charge is -2.37. The van der Waals surface area contributed by atoms with Gasteiger partial charge in [0.15, 0.2) is 0 Å². The molecule has 1 heterocycles. The second-order valence-electron chi connectivity index (χ2n) is 7.02. The van der Waals surface area contributed by atoms with Gasteiger partial charge in [0, 0.05) is 37.6 Å². The van der Waals surface area contributed by atoms with Gasteiger partial charge in [0.05, 0.1) is 0 Å². The third-order valence-electron chi connectivity index (χ3n) is 4.82. The van der Waals surface area contributed by atoms with Gasteiger partial charge >= 0.3 is 6.03 Å². The maximum Gasteiger partial charge on any atom is 0.321 e. The molecule has 4 heteroatoms. The summed E-state index contributed by atoms with van der Waals surface area (Å²) in [7, 11) is 0. The number of aryl methyl sites for hydroxylation is 4. The van der Waals surface area contributed by atoms with Crippen LogP contribution in [0.1, 0.15) is 22.3 Å². The second-order valence-corrected chi connectivity index (χ2v) is 7.02. The highest BCUT2D eigenvalue weighted by Gasteiger charge is 2.23. The number of rotatable bonds is 2. The van der Waals surface area contributed by atoms with E-state index in [1.54, 1.807) is 0 Å². The fourth-order valence-electron chi connectivity index (χ4n) is 3.64. The number of amides is 2. The molecule has 0 aromatic heterocycles. The molecular formula is C21H27N3O. The molecule has 25 heavy (non-hydrogen) atoms. The van der Waals surface area contributed by atoms with Gasteiger partial charge < -0.3 is 15.1 Å². The van der Waals surface area contributed by atoms with Gasteiger partial charge in [0.25, 0.3) is 0 Å². The average Bonchev–Trinajstić information content (AvgIpc) is 2.56. The molecule has 0 spiro atoms. The first-order chi connectivity index (χ1) is 11.9. The molecule has 0 unspecified atom stereocenters. The van der Waals surface area contributed by atoms with Crippen LogP contribution >= 0.6 is 0 Å². The predicted octanol–water partition coefficient (Wildman–Crippen LogP) is 4.27. The van der Waals surface area contributed by atoms with Crippen LogP contribution in [0.5, 0.6) is 0 Å². The Labute approximate surface area is 150 Å². The monoisotopic (exact) mass is 337 g/mol. The first-order valence-corrected chi connectivity index (χ1v) is 8.89. The Morgan fingerprint density at radius 2 is 1.40 bits per heavy atom. The van der Waals surface area contributed by atoms with Crippen molar-refractivity contribution in [1.29, 1.82) is 0 Å². The second kappa shape index (κ2) is 7.18. The Morgan fingerprint density at radius 1 is 0.840 bits per heavy atom. The third-order valence-corrected chi connectivity index (χ3v) is 4.82. The van der Waals surface area contributed by atoms with E-state index in [-0.39, 0.29) is 6.03 Å². The largest absolute Gasteiger partial charge is 0.368 e. The van der Waals surface area contributed by atoms with Crippen LogP contribution in [0, 0.1) is 27.7 Å². The van der Waals surface area contributed by atoms with E-state index in [1.165, 1.54) is 27.9 Å². The van der Waals surface area contributed by atoms with E-state index in [2.05, 4.69) is 43.1 Å². The number of nitrogens with one attached hydrogen (secondary N) is 1. The Balaban J connectivity index is 1.62. The Hall–Kier alpha value is -2.49. The summed E-state index contributed by atoms with van der Waals surface area (Å²) < 4.78 is 0. The summed E-state index contributed by atoms with van der Waals surface area (Å²) in [5, 5.41) is 2.99. The lowest BCUT2D eigenvalue weighted by atomic mass is 10.0. The molecule has 1 saturated heterocycles. The van der Waals surface area contributed by atoms with Gasteiger partial charge in [-0.1, -0.05) is 35.4 Å². The number of hydrogen-bond donors (Lipinski definition) is 1. The summed E-state index contributed by atoms with van der Waals surface area (Å²) in [6.07, 6.45) is 0. The molecule has 1 N–H and O–H groups in total. The fourth-order valence-corrected chi connectivity index (χ4v) is 3.64. The molecule has 2 aromatic rings. The highest BCUT2D eigenvalue weighted by Crippen LogP contribution is 2.27. The lowest BCUT2D eigenvalue weighted by molar-refractivity contribution is 0.208. The van der Waals surface area contributed by atoms with Crippen molar-refractivity contribution in [2.45, 2.75) is 27.7 Å². The summed E-state index contributed by atoms with van der Waals surface area (Å²) in [6, 6.07) is 12.4. The van der Waals surface area contributed by atoms with E-state index in [0.717, 1.165) is 31.9 Å². The predicted molar refractivity (Wildman–Crippen MR) is 105 cm³/mol. The van der Waals surface area contributed by atoms with Gasteiger partial charge in [0.1, 0.15) is 0 Å². The topological polar surface area (TPSA) is 35.6 Å². The van der Waals surface area contributed by atoms with Gasteiger partial charge in [-0.15, -0.1) is 0 Å². The number of anilines is 2. The van der Waals surface area contributed by atoms with Crippen molar-refractivity contribution < 1.29 is 4.79 Å². The van der Waals surface area contributed by atoms with Crippen molar-refractivity contribution >= 4 is 17.4 Å². The number of benzene rings is 2. The van der Waals surface area contributed by atoms with Crippen LogP contribution in [0.4, 0.5) is 16.2 Å². The van der Waals surface area contributed by atoms with Gasteiger partial charge in [-0.2, -0.15) is 0 Å². The number of piperazine rings is 1. The molecule has 0 radical (unpaired) electrons. The molecule has 0 atom stereocenters. The minimum atomic E-state index is -0.0131. The van der Waals surface area contributed by atoms with Crippen molar-refractivity contribution in [2.75, 3.05) is 36.4 Å². The summed E-state index contributed by atoms with van der Waals surface area (Å²) in [6.45, 7) is 11.7. The normalized spacial score (nSPS) is 14.6. The molecular weight excluding hydrogens is 310 g/mol. The van der Waals surface area contributed by atoms with Gasteiger partial charge in [-0.3, -0.25) is 0 Å². The molecule has 0 bridgehead atoms. The minimum Gasteiger partial charge on any atom is -0.368 e. The third kappa shape index (κ3) is 3.95. The highest BCUT2D eigenvalue weighted by molar-refractivity contribution is 5.89. The summed E-state index contributed by atoms with van der Waals surface area (Å²) in [5.74, 6) is 0.